The smallest absolute Gasteiger partial charge is 0.348 e. The molecule has 0 atom stereocenters. The normalized spacial score (nSPS) is 9.09. The summed E-state index contributed by atoms with van der Waals surface area (Å²) in [6, 6.07) is 3.22. The number of hydrogen-bond acceptors (Lipinski definition) is 2. The van der Waals surface area contributed by atoms with Gasteiger partial charge < -0.3 is 5.73 Å². The van der Waals surface area contributed by atoms with E-state index in [1.165, 1.54) is 6.20 Å². The average Bonchev–Trinajstić information content (AvgIpc) is 1.93. The van der Waals surface area contributed by atoms with Crippen molar-refractivity contribution in [3.05, 3.63) is 23.2 Å². The molecule has 0 aliphatic rings. The molecule has 0 fully saturated rings. The highest BCUT2D eigenvalue weighted by molar-refractivity contribution is 7.80. The van der Waals surface area contributed by atoms with Crippen molar-refractivity contribution in [2.75, 3.05) is 5.32 Å². The van der Waals surface area contributed by atoms with Gasteiger partial charge in [0.25, 0.3) is 5.11 Å². The number of aromatic nitrogens is 2. The molecule has 0 bridgehead atoms. The van der Waals surface area contributed by atoms with Gasteiger partial charge in [-0.15, -0.1) is 0 Å². The van der Waals surface area contributed by atoms with E-state index < -0.39 is 0 Å². The summed E-state index contributed by atoms with van der Waals surface area (Å²) in [5.74, 6) is 0.278. The molecule has 0 unspecified atom stereocenters. The Kier molecular flexibility index (Phi) is 2.17. The Morgan fingerprint density at radius 3 is 3.09 bits per heavy atom. The average molecular weight is 171 g/mol. The molecule has 1 heterocycles. The van der Waals surface area contributed by atoms with E-state index in [4.69, 9.17) is 5.73 Å². The Labute approximate surface area is 67.8 Å². The number of thiocarbonyl (C=S) groups is 1. The van der Waals surface area contributed by atoms with E-state index in [1.807, 2.05) is 0 Å². The van der Waals surface area contributed by atoms with Crippen LogP contribution in [0.1, 0.15) is 0 Å². The van der Waals surface area contributed by atoms with Crippen LogP contribution < -0.4 is 15.6 Å². The summed E-state index contributed by atoms with van der Waals surface area (Å²) in [5, 5.41) is 4.95. The minimum atomic E-state index is 0.0641. The van der Waals surface area contributed by atoms with E-state index in [0.29, 0.717) is 4.54 Å². The number of rotatable bonds is 1. The molecular formula is C5H7N4OS+. The molecule has 0 saturated heterocycles. The van der Waals surface area contributed by atoms with Crippen molar-refractivity contribution in [1.82, 2.24) is 5.10 Å². The van der Waals surface area contributed by atoms with Crippen molar-refractivity contribution in [2.24, 2.45) is 5.73 Å². The Morgan fingerprint density at radius 1 is 1.82 bits per heavy atom. The summed E-state index contributed by atoms with van der Waals surface area (Å²) in [5.41, 5.74) is 5.15. The van der Waals surface area contributed by atoms with Gasteiger partial charge >= 0.3 is 5.82 Å². The number of nitrogens with two attached hydrogens (primary N) is 1. The van der Waals surface area contributed by atoms with Gasteiger partial charge in [0.2, 0.25) is 0 Å². The molecule has 0 spiro atoms. The van der Waals surface area contributed by atoms with Crippen LogP contribution >= 0.6 is 12.2 Å². The fourth-order valence-corrected chi connectivity index (χ4v) is 0.710. The van der Waals surface area contributed by atoms with Crippen LogP contribution in [0.25, 0.3) is 0 Å². The topological polar surface area (TPSA) is 76.8 Å². The standard InChI is InChI=1S/C5H6N4OS/c6-5(11)8-4-2-1-3-7-9(4)10/h1-3H,(H3-,6,7,8,10,11)/p+1. The number of H-pyrrole nitrogens is 1. The van der Waals surface area contributed by atoms with E-state index in [-0.39, 0.29) is 10.9 Å². The Hall–Kier alpha value is -1.43. The van der Waals surface area contributed by atoms with Crippen LogP contribution in [0, 0.1) is 4.91 Å². The molecule has 58 valence electrons. The van der Waals surface area contributed by atoms with Crippen LogP contribution in [-0.2, 0) is 0 Å². The quantitative estimate of drug-likeness (QED) is 0.396. The summed E-state index contributed by atoms with van der Waals surface area (Å²) >= 11 is 4.54. The second kappa shape index (κ2) is 3.11. The Bertz CT molecular complexity index is 320. The van der Waals surface area contributed by atoms with Gasteiger partial charge in [0.1, 0.15) is 0 Å². The van der Waals surface area contributed by atoms with Gasteiger partial charge in [-0.05, 0) is 23.2 Å². The van der Waals surface area contributed by atoms with Crippen molar-refractivity contribution < 1.29 is 4.54 Å². The SMILES string of the molecule is NC(=S)Nc1ccc[nH][n+]1=O. The predicted molar refractivity (Wildman–Crippen MR) is 44.6 cm³/mol. The maximum Gasteiger partial charge on any atom is 0.348 e. The highest BCUT2D eigenvalue weighted by atomic mass is 32.1. The summed E-state index contributed by atoms with van der Waals surface area (Å²) in [4.78, 5) is 10.8. The maximum atomic E-state index is 10.8. The Morgan fingerprint density at radius 2 is 2.55 bits per heavy atom. The van der Waals surface area contributed by atoms with Crippen LogP contribution in [0.3, 0.4) is 0 Å². The predicted octanol–water partition coefficient (Wildman–Crippen LogP) is -0.415. The lowest BCUT2D eigenvalue weighted by atomic mass is 10.5. The molecule has 1 rings (SSSR count). The van der Waals surface area contributed by atoms with Crippen LogP contribution in [0.5, 0.6) is 0 Å². The lowest BCUT2D eigenvalue weighted by molar-refractivity contribution is -0.549. The van der Waals surface area contributed by atoms with Crippen LogP contribution in [0.4, 0.5) is 5.82 Å². The molecule has 0 amide bonds. The maximum absolute atomic E-state index is 10.8. The molecule has 1 aromatic rings. The van der Waals surface area contributed by atoms with Gasteiger partial charge in [-0.2, -0.15) is 5.10 Å². The zero-order chi connectivity index (χ0) is 8.27. The number of nitrogens with zero attached hydrogens (tertiary/aromatic N) is 1. The third kappa shape index (κ3) is 2.01. The zero-order valence-corrected chi connectivity index (χ0v) is 6.39. The summed E-state index contributed by atoms with van der Waals surface area (Å²) in [6.07, 6.45) is 1.50. The zero-order valence-electron chi connectivity index (χ0n) is 5.57. The largest absolute Gasteiger partial charge is 0.357 e. The lowest BCUT2D eigenvalue weighted by Gasteiger charge is -1.90. The molecule has 5 nitrogen and oxygen atoms in total. The molecule has 6 heteroatoms. The van der Waals surface area contributed by atoms with Crippen molar-refractivity contribution in [3.8, 4) is 0 Å². The number of anilines is 1. The van der Waals surface area contributed by atoms with Crippen LogP contribution in [-0.4, -0.2) is 10.2 Å². The number of hydrogen-bond donors (Lipinski definition) is 3. The third-order valence-electron chi connectivity index (χ3n) is 1.01. The molecule has 4 N–H and O–H groups in total. The second-order valence-electron chi connectivity index (χ2n) is 1.82. The highest BCUT2D eigenvalue weighted by Gasteiger charge is 2.04. The summed E-state index contributed by atoms with van der Waals surface area (Å²) in [6.45, 7) is 0. The van der Waals surface area contributed by atoms with Crippen LogP contribution in [0.2, 0.25) is 0 Å². The Balaban J connectivity index is 2.95. The van der Waals surface area contributed by atoms with Crippen molar-refractivity contribution in [2.45, 2.75) is 0 Å². The summed E-state index contributed by atoms with van der Waals surface area (Å²) in [7, 11) is 0. The lowest BCUT2D eigenvalue weighted by Crippen LogP contribution is -2.29. The van der Waals surface area contributed by atoms with Crippen LogP contribution in [0.15, 0.2) is 18.3 Å². The van der Waals surface area contributed by atoms with Gasteiger partial charge in [0.05, 0.1) is 4.54 Å². The highest BCUT2D eigenvalue weighted by Crippen LogP contribution is 1.91. The fraction of sp³-hybridized carbons (Fsp3) is 0. The minimum absolute atomic E-state index is 0.0641. The third-order valence-corrected chi connectivity index (χ3v) is 1.11. The summed E-state index contributed by atoms with van der Waals surface area (Å²) < 4.78 is 0.527. The first-order chi connectivity index (χ1) is 5.20. The monoisotopic (exact) mass is 171 g/mol. The first kappa shape index (κ1) is 7.67. The van der Waals surface area contributed by atoms with E-state index in [2.05, 4.69) is 22.6 Å². The molecule has 1 aromatic heterocycles. The van der Waals surface area contributed by atoms with E-state index >= 15 is 0 Å². The minimum Gasteiger partial charge on any atom is -0.357 e. The number of nitrogens with one attached hydrogen (secondary N) is 2. The van der Waals surface area contributed by atoms with Gasteiger partial charge in [-0.25, -0.2) is 5.32 Å². The molecular weight excluding hydrogens is 164 g/mol. The first-order valence-electron chi connectivity index (χ1n) is 2.87. The first-order valence-corrected chi connectivity index (χ1v) is 3.27. The van der Waals surface area contributed by atoms with Crippen molar-refractivity contribution in [3.63, 3.8) is 0 Å². The van der Waals surface area contributed by atoms with E-state index in [0.717, 1.165) is 0 Å². The molecule has 11 heavy (non-hydrogen) atoms. The van der Waals surface area contributed by atoms with Gasteiger partial charge in [0.15, 0.2) is 0 Å². The molecule has 0 aliphatic carbocycles. The number of aromatic amines is 1. The van der Waals surface area contributed by atoms with Crippen molar-refractivity contribution >= 4 is 23.1 Å². The molecule has 0 saturated carbocycles. The fourth-order valence-electron chi connectivity index (χ4n) is 0.606. The van der Waals surface area contributed by atoms with Gasteiger partial charge in [0, 0.05) is 12.3 Å². The molecule has 0 aromatic carbocycles. The van der Waals surface area contributed by atoms with E-state index in [9.17, 15) is 4.91 Å². The van der Waals surface area contributed by atoms with Crippen molar-refractivity contribution in [1.29, 1.82) is 0 Å². The second-order valence-corrected chi connectivity index (χ2v) is 2.26. The van der Waals surface area contributed by atoms with Gasteiger partial charge in [-0.1, -0.05) is 0 Å². The molecule has 0 radical (unpaired) electrons. The van der Waals surface area contributed by atoms with E-state index in [1.54, 1.807) is 12.1 Å². The molecule has 0 aliphatic heterocycles. The van der Waals surface area contributed by atoms with Gasteiger partial charge in [-0.3, -0.25) is 0 Å².